The van der Waals surface area contributed by atoms with Crippen LogP contribution in [0.2, 0.25) is 0 Å². The highest BCUT2D eigenvalue weighted by Crippen LogP contribution is 2.25. The lowest BCUT2D eigenvalue weighted by atomic mass is 9.96. The number of nitrogens with one attached hydrogen (secondary N) is 15. The van der Waals surface area contributed by atoms with Gasteiger partial charge in [-0.15, -0.1) is 0 Å². The fourth-order valence-electron chi connectivity index (χ4n) is 13.9. The number of para-hydroxylation sites is 3. The van der Waals surface area contributed by atoms with Crippen LogP contribution in [0.3, 0.4) is 0 Å². The fraction of sp³-hybridized carbons (Fsp3) is 0.449. The summed E-state index contributed by atoms with van der Waals surface area (Å²) in [5.41, 5.74) is 20.9. The average molecular weight is 1610 g/mol. The van der Waals surface area contributed by atoms with Crippen molar-refractivity contribution in [2.24, 2.45) is 23.1 Å². The van der Waals surface area contributed by atoms with Gasteiger partial charge in [-0.3, -0.25) is 76.7 Å². The molecule has 116 heavy (non-hydrogen) atoms. The van der Waals surface area contributed by atoms with Crippen LogP contribution in [0.25, 0.3) is 32.7 Å². The van der Waals surface area contributed by atoms with E-state index in [2.05, 4.69) is 83.4 Å². The predicted molar refractivity (Wildman–Crippen MR) is 420 cm³/mol. The third kappa shape index (κ3) is 24.3. The molecule has 0 spiro atoms. The number of amides is 15. The van der Waals surface area contributed by atoms with Gasteiger partial charge in [0, 0.05) is 102 Å². The SMILES string of the molecule is CCC[C@H](NC(=O)[C@H](CC(=O)O)NC(=O)[C@H](Cc1cnc[nH]1)NC(=O)[C@H](Cc1c[nH]c2ccccc12)NC(=O)[C@H](CC(N)=O)NC(=O)[C@H](CC(N)=O)NC(=O)[C@H](CCC)NC(=O)[C@@H](NC(=O)[C@@H](NC(=O)[C@H](Cc1c[nH]c2ccccc12)NC(C)=O)[C@@H](C)O)[C@@H](C)CC)C(=O)N[C@@H](Cc1c[nH]c2ccccc12)C(=O)N1CCC[C@H]1C(N)=O. The van der Waals surface area contributed by atoms with Crippen molar-refractivity contribution in [3.05, 3.63) is 126 Å². The summed E-state index contributed by atoms with van der Waals surface area (Å²) in [6.07, 6.45) is 3.07. The Hall–Kier alpha value is -13.0. The van der Waals surface area contributed by atoms with Crippen LogP contribution in [0.4, 0.5) is 0 Å². The van der Waals surface area contributed by atoms with Gasteiger partial charge in [0.25, 0.3) is 0 Å². The van der Waals surface area contributed by atoms with E-state index in [1.54, 1.807) is 82.6 Å². The van der Waals surface area contributed by atoms with Crippen LogP contribution in [0.1, 0.15) is 128 Å². The molecule has 622 valence electrons. The zero-order chi connectivity index (χ0) is 84.6. The van der Waals surface area contributed by atoms with Gasteiger partial charge in [-0.25, -0.2) is 4.98 Å². The van der Waals surface area contributed by atoms with E-state index in [1.165, 1.54) is 37.5 Å². The number of aliphatic hydroxyl groups is 1. The second-order valence-corrected chi connectivity index (χ2v) is 28.9. The number of carbonyl (C=O) groups excluding carboxylic acids is 15. The molecule has 0 saturated carbocycles. The zero-order valence-electron chi connectivity index (χ0n) is 65.1. The Labute approximate surface area is 665 Å². The standard InChI is InChI=1S/C78H102N20O18/c1-7-17-52(69(107)95-60(78(116)98-26-16-25-61(98)67(81)105)29-44-36-85-51-24-15-12-21-48(44)51)88-74(112)59(33-64(103)104)94-71(109)56(30-45-37-82-38-86-45)91-70(108)55(28-43-35-84-50-23-14-11-20-47(43)50)90-72(110)58(32-63(80)102)93-73(111)57(31-62(79)101)92-68(106)53(18-8-2)89-76(114)65(39(4)9-3)96-77(115)66(40(5)99)97-75(113)54(87-41(6)100)27-42-34-83-49-22-13-10-19-46(42)49/h10-15,19-24,34-40,52-61,65-66,83-85,99H,7-9,16-18,25-33H2,1-6H3,(H2,79,101)(H2,80,102)(H2,81,105)(H,82,86)(H,87,100)(H,88,112)(H,89,114)(H,90,110)(H,91,108)(H,92,106)(H,93,111)(H,94,109)(H,95,107)(H,96,115)(H,97,113)(H,103,104)/t39-,40+,52-,53-,54-,55-,56-,57-,58-,59-,60-,61-,65-,66-/m0/s1. The number of primary amides is 3. The molecule has 38 heteroatoms. The molecule has 3 aromatic carbocycles. The topological polar surface area (TPSA) is 603 Å². The number of nitrogens with zero attached hydrogens (tertiary/aromatic N) is 2. The van der Waals surface area contributed by atoms with Crippen molar-refractivity contribution in [1.82, 2.24) is 88.3 Å². The molecule has 0 aliphatic carbocycles. The molecular formula is C78H102N20O18. The van der Waals surface area contributed by atoms with Crippen molar-refractivity contribution in [3.63, 3.8) is 0 Å². The first-order chi connectivity index (χ1) is 55.3. The van der Waals surface area contributed by atoms with Crippen molar-refractivity contribution in [2.75, 3.05) is 6.54 Å². The lowest BCUT2D eigenvalue weighted by molar-refractivity contribution is -0.142. The summed E-state index contributed by atoms with van der Waals surface area (Å²) in [4.78, 5) is 240. The number of carboxylic acids is 1. The average Bonchev–Trinajstić information content (AvgIpc) is 1.64. The first-order valence-corrected chi connectivity index (χ1v) is 38.3. The minimum Gasteiger partial charge on any atom is -0.481 e. The van der Waals surface area contributed by atoms with Gasteiger partial charge < -0.3 is 111 Å². The summed E-state index contributed by atoms with van der Waals surface area (Å²) in [6.45, 7) is 9.22. The van der Waals surface area contributed by atoms with Crippen LogP contribution in [0.5, 0.6) is 0 Å². The van der Waals surface area contributed by atoms with E-state index in [0.29, 0.717) is 34.0 Å². The molecule has 7 aromatic rings. The Morgan fingerprint density at radius 3 is 1.25 bits per heavy atom. The molecular weight excluding hydrogens is 1500 g/mol. The van der Waals surface area contributed by atoms with Crippen molar-refractivity contribution >= 4 is 127 Å². The van der Waals surface area contributed by atoms with Gasteiger partial charge in [-0.05, 0) is 73.4 Å². The number of nitrogens with two attached hydrogens (primary N) is 3. The highest BCUT2D eigenvalue weighted by Gasteiger charge is 2.42. The number of aromatic amines is 4. The minimum atomic E-state index is -2.02. The van der Waals surface area contributed by atoms with E-state index in [-0.39, 0.29) is 63.6 Å². The van der Waals surface area contributed by atoms with Gasteiger partial charge in [0.1, 0.15) is 72.5 Å². The number of hydrogen-bond donors (Lipinski definition) is 20. The Morgan fingerprint density at radius 1 is 0.466 bits per heavy atom. The van der Waals surface area contributed by atoms with Crippen LogP contribution in [0, 0.1) is 5.92 Å². The summed E-state index contributed by atoms with van der Waals surface area (Å²) in [7, 11) is 0. The third-order valence-electron chi connectivity index (χ3n) is 20.1. The Balaban J connectivity index is 0.989. The van der Waals surface area contributed by atoms with Crippen LogP contribution in [-0.4, -0.2) is 220 Å². The van der Waals surface area contributed by atoms with E-state index in [9.17, 15) is 82.1 Å². The Kier molecular flexibility index (Phi) is 31.8. The molecule has 14 atom stereocenters. The maximum atomic E-state index is 15.1. The number of aliphatic hydroxyl groups excluding tert-OH is 1. The number of likely N-dealkylation sites (tertiary alicyclic amines) is 1. The number of hydrogen-bond acceptors (Lipinski definition) is 18. The zero-order valence-corrected chi connectivity index (χ0v) is 65.1. The number of carbonyl (C=O) groups is 16. The quantitative estimate of drug-likeness (QED) is 0.0200. The van der Waals surface area contributed by atoms with Gasteiger partial charge in [0.2, 0.25) is 88.6 Å². The second kappa shape index (κ2) is 41.7. The molecule has 1 saturated heterocycles. The largest absolute Gasteiger partial charge is 0.481 e. The third-order valence-corrected chi connectivity index (χ3v) is 20.1. The maximum absolute atomic E-state index is 15.1. The number of H-pyrrole nitrogens is 4. The second-order valence-electron chi connectivity index (χ2n) is 28.9. The van der Waals surface area contributed by atoms with Crippen molar-refractivity contribution < 1.29 is 86.9 Å². The number of aromatic nitrogens is 5. The van der Waals surface area contributed by atoms with Crippen LogP contribution in [0.15, 0.2) is 104 Å². The summed E-state index contributed by atoms with van der Waals surface area (Å²) < 4.78 is 0. The van der Waals surface area contributed by atoms with Gasteiger partial charge in [-0.2, -0.15) is 0 Å². The molecule has 0 unspecified atom stereocenters. The first-order valence-electron chi connectivity index (χ1n) is 38.3. The van der Waals surface area contributed by atoms with Crippen molar-refractivity contribution in [2.45, 2.75) is 210 Å². The number of benzene rings is 3. The fourth-order valence-corrected chi connectivity index (χ4v) is 13.9. The summed E-state index contributed by atoms with van der Waals surface area (Å²) in [5.74, 6) is -17.4. The van der Waals surface area contributed by atoms with Crippen LogP contribution in [-0.2, 0) is 102 Å². The molecule has 5 heterocycles. The molecule has 23 N–H and O–H groups in total. The number of fused-ring (bicyclic) bond motifs is 3. The van der Waals surface area contributed by atoms with Crippen LogP contribution >= 0.6 is 0 Å². The number of carboxylic acid groups (broad SMARTS) is 1. The normalized spacial score (nSPS) is 16.0. The molecule has 1 fully saturated rings. The first kappa shape index (κ1) is 88.5. The van der Waals surface area contributed by atoms with Crippen LogP contribution < -0.4 is 75.7 Å². The van der Waals surface area contributed by atoms with E-state index in [4.69, 9.17) is 17.2 Å². The highest BCUT2D eigenvalue weighted by molar-refractivity contribution is 6.02. The maximum Gasteiger partial charge on any atom is 0.305 e. The number of imidazole rings is 1. The summed E-state index contributed by atoms with van der Waals surface area (Å²) in [5, 5.41) is 50.9. The highest BCUT2D eigenvalue weighted by atomic mass is 16.4. The van der Waals surface area contributed by atoms with E-state index >= 15 is 4.79 Å². The van der Waals surface area contributed by atoms with E-state index in [1.807, 2.05) is 30.3 Å². The number of rotatable bonds is 44. The van der Waals surface area contributed by atoms with Gasteiger partial charge in [0.15, 0.2) is 0 Å². The molecule has 0 radical (unpaired) electrons. The molecule has 8 rings (SSSR count). The van der Waals surface area contributed by atoms with Crippen molar-refractivity contribution in [3.8, 4) is 0 Å². The predicted octanol–water partition coefficient (Wildman–Crippen LogP) is -1.79. The Morgan fingerprint density at radius 2 is 0.836 bits per heavy atom. The van der Waals surface area contributed by atoms with Gasteiger partial charge in [0.05, 0.1) is 31.7 Å². The Bertz CT molecular complexity index is 4730. The monoisotopic (exact) mass is 1610 g/mol. The molecule has 4 aromatic heterocycles. The van der Waals surface area contributed by atoms with E-state index < -0.39 is 211 Å². The molecule has 1 aliphatic rings. The minimum absolute atomic E-state index is 0.0283. The lowest BCUT2D eigenvalue weighted by Crippen LogP contribution is -2.62. The lowest BCUT2D eigenvalue weighted by Gasteiger charge is -2.30. The van der Waals surface area contributed by atoms with Crippen molar-refractivity contribution in [1.29, 1.82) is 0 Å². The molecule has 38 nitrogen and oxygen atoms in total. The molecule has 0 bridgehead atoms. The summed E-state index contributed by atoms with van der Waals surface area (Å²) >= 11 is 0. The molecule has 15 amide bonds. The van der Waals surface area contributed by atoms with Gasteiger partial charge in [-0.1, -0.05) is 102 Å². The number of aliphatic carboxylic acids is 1. The van der Waals surface area contributed by atoms with E-state index in [0.717, 1.165) is 21.8 Å². The molecule has 1 aliphatic heterocycles. The smallest absolute Gasteiger partial charge is 0.305 e. The summed E-state index contributed by atoms with van der Waals surface area (Å²) in [6, 6.07) is 2.08. The van der Waals surface area contributed by atoms with Gasteiger partial charge >= 0.3 is 5.97 Å².